The number of aromatic nitrogens is 3. The summed E-state index contributed by atoms with van der Waals surface area (Å²) >= 11 is 0. The Kier molecular flexibility index (Phi) is 4.98. The smallest absolute Gasteiger partial charge is 0.222 e. The predicted octanol–water partition coefficient (Wildman–Crippen LogP) is 3.22. The quantitative estimate of drug-likeness (QED) is 0.696. The van der Waals surface area contributed by atoms with E-state index < -0.39 is 0 Å². The standard InChI is InChI=1S/C21H24FN5O/c1-3-6-20(28)27-11-9-26(10-12-27)19-13-15(16(22)14-23-19)21-24-17-7-4-5-8-18(17)25(21)2/h4-5,7-8,13-14H,3,6,9-12H2,1-2H3. The Hall–Kier alpha value is -2.96. The number of hydrogen-bond donors (Lipinski definition) is 0. The van der Waals surface area contributed by atoms with Gasteiger partial charge in [0.25, 0.3) is 0 Å². The summed E-state index contributed by atoms with van der Waals surface area (Å²) in [6, 6.07) is 9.53. The lowest BCUT2D eigenvalue weighted by Crippen LogP contribution is -2.49. The van der Waals surface area contributed by atoms with Crippen molar-refractivity contribution < 1.29 is 9.18 Å². The highest BCUT2D eigenvalue weighted by Gasteiger charge is 2.23. The number of para-hydroxylation sites is 2. The van der Waals surface area contributed by atoms with Crippen LogP contribution in [-0.2, 0) is 11.8 Å². The first kappa shape index (κ1) is 18.4. The largest absolute Gasteiger partial charge is 0.353 e. The van der Waals surface area contributed by atoms with Gasteiger partial charge in [0, 0.05) is 39.6 Å². The summed E-state index contributed by atoms with van der Waals surface area (Å²) in [5, 5.41) is 0. The minimum absolute atomic E-state index is 0.203. The molecule has 28 heavy (non-hydrogen) atoms. The number of amides is 1. The molecular formula is C21H24FN5O. The number of fused-ring (bicyclic) bond motifs is 1. The second kappa shape index (κ2) is 7.58. The molecule has 0 radical (unpaired) electrons. The zero-order valence-electron chi connectivity index (χ0n) is 16.2. The number of hydrogen-bond acceptors (Lipinski definition) is 4. The molecule has 0 N–H and O–H groups in total. The molecule has 4 rings (SSSR count). The topological polar surface area (TPSA) is 54.3 Å². The number of piperazine rings is 1. The third kappa shape index (κ3) is 3.32. The number of aryl methyl sites for hydroxylation is 1. The molecule has 1 aliphatic rings. The molecule has 1 amide bonds. The van der Waals surface area contributed by atoms with Crippen LogP contribution in [0.5, 0.6) is 0 Å². The molecule has 0 spiro atoms. The highest BCUT2D eigenvalue weighted by Crippen LogP contribution is 2.28. The molecular weight excluding hydrogens is 357 g/mol. The van der Waals surface area contributed by atoms with Crippen LogP contribution in [0, 0.1) is 5.82 Å². The first-order valence-corrected chi connectivity index (χ1v) is 9.68. The third-order valence-corrected chi connectivity index (χ3v) is 5.29. The van der Waals surface area contributed by atoms with Gasteiger partial charge in [-0.1, -0.05) is 19.1 Å². The van der Waals surface area contributed by atoms with Gasteiger partial charge in [0.1, 0.15) is 11.6 Å². The molecule has 0 bridgehead atoms. The molecule has 7 heteroatoms. The summed E-state index contributed by atoms with van der Waals surface area (Å²) in [7, 11) is 1.89. The molecule has 1 aliphatic heterocycles. The molecule has 0 saturated carbocycles. The summed E-state index contributed by atoms with van der Waals surface area (Å²) in [4.78, 5) is 25.0. The van der Waals surface area contributed by atoms with Crippen molar-refractivity contribution in [2.75, 3.05) is 31.1 Å². The van der Waals surface area contributed by atoms with Crippen molar-refractivity contribution in [1.82, 2.24) is 19.4 Å². The average molecular weight is 381 g/mol. The number of benzene rings is 1. The molecule has 1 saturated heterocycles. The maximum atomic E-state index is 14.6. The zero-order chi connectivity index (χ0) is 19.7. The Labute approximate surface area is 163 Å². The second-order valence-corrected chi connectivity index (χ2v) is 7.12. The highest BCUT2D eigenvalue weighted by molar-refractivity contribution is 5.81. The van der Waals surface area contributed by atoms with Crippen LogP contribution in [0.15, 0.2) is 36.5 Å². The van der Waals surface area contributed by atoms with Gasteiger partial charge in [-0.15, -0.1) is 0 Å². The highest BCUT2D eigenvalue weighted by atomic mass is 19.1. The van der Waals surface area contributed by atoms with Crippen LogP contribution in [0.4, 0.5) is 10.2 Å². The van der Waals surface area contributed by atoms with E-state index in [0.717, 1.165) is 17.5 Å². The van der Waals surface area contributed by atoms with Crippen molar-refractivity contribution >= 4 is 22.8 Å². The number of rotatable bonds is 4. The van der Waals surface area contributed by atoms with Gasteiger partial charge in [0.2, 0.25) is 5.91 Å². The summed E-state index contributed by atoms with van der Waals surface area (Å²) < 4.78 is 16.5. The van der Waals surface area contributed by atoms with Crippen molar-refractivity contribution in [2.24, 2.45) is 7.05 Å². The van der Waals surface area contributed by atoms with Gasteiger partial charge in [0.05, 0.1) is 22.8 Å². The number of nitrogens with zero attached hydrogens (tertiary/aromatic N) is 5. The van der Waals surface area contributed by atoms with Gasteiger partial charge >= 0.3 is 0 Å². The average Bonchev–Trinajstić information content (AvgIpc) is 3.05. The fourth-order valence-corrected chi connectivity index (χ4v) is 3.72. The third-order valence-electron chi connectivity index (χ3n) is 5.29. The Bertz CT molecular complexity index is 1010. The Balaban J connectivity index is 1.60. The summed E-state index contributed by atoms with van der Waals surface area (Å²) in [6.45, 7) is 4.73. The van der Waals surface area contributed by atoms with E-state index in [-0.39, 0.29) is 11.7 Å². The zero-order valence-corrected chi connectivity index (χ0v) is 16.2. The SMILES string of the molecule is CCCC(=O)N1CCN(c2cc(-c3nc4ccccc4n3C)c(F)cn2)CC1. The maximum absolute atomic E-state index is 14.6. The van der Waals surface area contributed by atoms with Gasteiger partial charge in [-0.2, -0.15) is 0 Å². The van der Waals surface area contributed by atoms with Crippen molar-refractivity contribution in [3.63, 3.8) is 0 Å². The minimum atomic E-state index is -0.390. The molecule has 6 nitrogen and oxygen atoms in total. The van der Waals surface area contributed by atoms with E-state index in [0.29, 0.717) is 49.8 Å². The van der Waals surface area contributed by atoms with Crippen LogP contribution in [0.25, 0.3) is 22.4 Å². The van der Waals surface area contributed by atoms with Crippen LogP contribution in [0.2, 0.25) is 0 Å². The minimum Gasteiger partial charge on any atom is -0.353 e. The molecule has 146 valence electrons. The van der Waals surface area contributed by atoms with E-state index in [9.17, 15) is 9.18 Å². The second-order valence-electron chi connectivity index (χ2n) is 7.12. The number of carbonyl (C=O) groups is 1. The van der Waals surface area contributed by atoms with Gasteiger partial charge in [0.15, 0.2) is 5.82 Å². The van der Waals surface area contributed by atoms with Gasteiger partial charge < -0.3 is 14.4 Å². The fourth-order valence-electron chi connectivity index (χ4n) is 3.72. The number of imidazole rings is 1. The summed E-state index contributed by atoms with van der Waals surface area (Å²) in [5.74, 6) is 1.11. The van der Waals surface area contributed by atoms with Crippen LogP contribution < -0.4 is 4.90 Å². The first-order chi connectivity index (χ1) is 13.6. The molecule has 2 aromatic heterocycles. The van der Waals surface area contributed by atoms with Crippen LogP contribution >= 0.6 is 0 Å². The van der Waals surface area contributed by atoms with E-state index in [1.165, 1.54) is 6.20 Å². The molecule has 0 atom stereocenters. The number of pyridine rings is 1. The van der Waals surface area contributed by atoms with E-state index in [4.69, 9.17) is 0 Å². The normalized spacial score (nSPS) is 14.7. The van der Waals surface area contributed by atoms with Crippen LogP contribution in [0.3, 0.4) is 0 Å². The predicted molar refractivity (Wildman–Crippen MR) is 108 cm³/mol. The monoisotopic (exact) mass is 381 g/mol. The molecule has 0 aliphatic carbocycles. The molecule has 0 unspecified atom stereocenters. The first-order valence-electron chi connectivity index (χ1n) is 9.68. The molecule has 3 heterocycles. The van der Waals surface area contributed by atoms with Gasteiger partial charge in [-0.25, -0.2) is 14.4 Å². The van der Waals surface area contributed by atoms with Crippen molar-refractivity contribution in [3.05, 3.63) is 42.3 Å². The number of anilines is 1. The van der Waals surface area contributed by atoms with E-state index >= 15 is 0 Å². The Morgan fingerprint density at radius 2 is 1.93 bits per heavy atom. The lowest BCUT2D eigenvalue weighted by molar-refractivity contribution is -0.131. The fraction of sp³-hybridized carbons (Fsp3) is 0.381. The molecule has 1 aromatic carbocycles. The lowest BCUT2D eigenvalue weighted by atomic mass is 10.2. The maximum Gasteiger partial charge on any atom is 0.222 e. The van der Waals surface area contributed by atoms with E-state index in [2.05, 4.69) is 14.9 Å². The van der Waals surface area contributed by atoms with E-state index in [1.54, 1.807) is 6.07 Å². The molecule has 1 fully saturated rings. The van der Waals surface area contributed by atoms with Crippen molar-refractivity contribution in [2.45, 2.75) is 19.8 Å². The van der Waals surface area contributed by atoms with Crippen molar-refractivity contribution in [3.8, 4) is 11.4 Å². The van der Waals surface area contributed by atoms with E-state index in [1.807, 2.05) is 47.7 Å². The summed E-state index contributed by atoms with van der Waals surface area (Å²) in [5.41, 5.74) is 2.23. The van der Waals surface area contributed by atoms with Gasteiger partial charge in [-0.3, -0.25) is 4.79 Å². The van der Waals surface area contributed by atoms with Crippen LogP contribution in [0.1, 0.15) is 19.8 Å². The lowest BCUT2D eigenvalue weighted by Gasteiger charge is -2.35. The van der Waals surface area contributed by atoms with Gasteiger partial charge in [-0.05, 0) is 24.6 Å². The number of halogens is 1. The van der Waals surface area contributed by atoms with Crippen molar-refractivity contribution in [1.29, 1.82) is 0 Å². The Morgan fingerprint density at radius 3 is 2.64 bits per heavy atom. The Morgan fingerprint density at radius 1 is 1.18 bits per heavy atom. The number of carbonyl (C=O) groups excluding carboxylic acids is 1. The summed E-state index contributed by atoms with van der Waals surface area (Å²) in [6.07, 6.45) is 2.71. The molecule has 3 aromatic rings. The van der Waals surface area contributed by atoms with Crippen LogP contribution in [-0.4, -0.2) is 51.5 Å².